The average molecular weight is 348 g/mol. The number of primary sulfonamides is 1. The lowest BCUT2D eigenvalue weighted by Gasteiger charge is -2.19. The molecule has 1 aromatic heterocycles. The highest BCUT2D eigenvalue weighted by molar-refractivity contribution is 7.89. The van der Waals surface area contributed by atoms with Gasteiger partial charge in [-0.2, -0.15) is 5.10 Å². The third-order valence-electron chi connectivity index (χ3n) is 4.31. The highest BCUT2D eigenvalue weighted by Gasteiger charge is 2.30. The highest BCUT2D eigenvalue weighted by atomic mass is 32.2. The van der Waals surface area contributed by atoms with Gasteiger partial charge in [-0.25, -0.2) is 13.6 Å². The van der Waals surface area contributed by atoms with Crippen LogP contribution in [0.15, 0.2) is 35.5 Å². The third kappa shape index (κ3) is 3.34. The molecule has 3 rings (SSSR count). The number of carbonyl (C=O) groups excluding carboxylic acids is 1. The first-order valence-corrected chi connectivity index (χ1v) is 9.23. The highest BCUT2D eigenvalue weighted by Crippen LogP contribution is 2.36. The summed E-state index contributed by atoms with van der Waals surface area (Å²) in [5.74, 6) is 0.0913. The molecular weight excluding hydrogens is 328 g/mol. The van der Waals surface area contributed by atoms with Crippen molar-refractivity contribution in [2.45, 2.75) is 37.8 Å². The van der Waals surface area contributed by atoms with Crippen LogP contribution in [0.4, 0.5) is 0 Å². The van der Waals surface area contributed by atoms with E-state index >= 15 is 0 Å². The van der Waals surface area contributed by atoms with Gasteiger partial charge in [-0.1, -0.05) is 30.7 Å². The minimum absolute atomic E-state index is 0.0410. The van der Waals surface area contributed by atoms with Gasteiger partial charge in [0.05, 0.1) is 12.2 Å². The largest absolute Gasteiger partial charge is 0.347 e. The Kier molecular flexibility index (Phi) is 4.18. The van der Waals surface area contributed by atoms with Gasteiger partial charge in [0.1, 0.15) is 11.4 Å². The summed E-state index contributed by atoms with van der Waals surface area (Å²) in [6, 6.07) is 6.25. The first-order chi connectivity index (χ1) is 11.2. The number of rotatable bonds is 4. The molecular formula is C16H20N4O3S. The van der Waals surface area contributed by atoms with E-state index in [9.17, 15) is 13.2 Å². The molecule has 0 unspecified atom stereocenters. The monoisotopic (exact) mass is 348 g/mol. The minimum atomic E-state index is -3.81. The molecule has 0 bridgehead atoms. The molecule has 0 saturated heterocycles. The fraction of sp³-hybridized carbons (Fsp3) is 0.375. The van der Waals surface area contributed by atoms with Crippen LogP contribution < -0.4 is 10.5 Å². The van der Waals surface area contributed by atoms with Gasteiger partial charge >= 0.3 is 0 Å². The molecule has 1 aromatic carbocycles. The second-order valence-corrected chi connectivity index (χ2v) is 7.91. The molecule has 0 fully saturated rings. The summed E-state index contributed by atoms with van der Waals surface area (Å²) in [6.45, 7) is 4.08. The SMILES string of the molecule is Cc1ccc2c(c1)[C@H](NC(=O)Cn1cc(S(N)(=O)=O)cn1)[C@H](C)C2. The first kappa shape index (κ1) is 16.7. The fourth-order valence-corrected chi connectivity index (χ4v) is 3.59. The van der Waals surface area contributed by atoms with E-state index in [2.05, 4.69) is 35.5 Å². The number of fused-ring (bicyclic) bond motifs is 1. The minimum Gasteiger partial charge on any atom is -0.347 e. The van der Waals surface area contributed by atoms with Gasteiger partial charge in [0.2, 0.25) is 15.9 Å². The van der Waals surface area contributed by atoms with E-state index in [0.29, 0.717) is 5.92 Å². The molecule has 3 N–H and O–H groups in total. The first-order valence-electron chi connectivity index (χ1n) is 7.68. The molecule has 1 amide bonds. The van der Waals surface area contributed by atoms with E-state index < -0.39 is 10.0 Å². The van der Waals surface area contributed by atoms with Gasteiger partial charge in [-0.15, -0.1) is 0 Å². The molecule has 0 spiro atoms. The van der Waals surface area contributed by atoms with Crippen molar-refractivity contribution in [3.05, 3.63) is 47.3 Å². The van der Waals surface area contributed by atoms with E-state index in [1.54, 1.807) is 0 Å². The Morgan fingerprint density at radius 2 is 2.21 bits per heavy atom. The molecule has 128 valence electrons. The summed E-state index contributed by atoms with van der Waals surface area (Å²) in [5, 5.41) is 11.9. The topological polar surface area (TPSA) is 107 Å². The van der Waals surface area contributed by atoms with Crippen LogP contribution in [0.2, 0.25) is 0 Å². The smallest absolute Gasteiger partial charge is 0.242 e. The van der Waals surface area contributed by atoms with Crippen molar-refractivity contribution in [3.8, 4) is 0 Å². The summed E-state index contributed by atoms with van der Waals surface area (Å²) >= 11 is 0. The van der Waals surface area contributed by atoms with Crippen molar-refractivity contribution in [3.63, 3.8) is 0 Å². The second kappa shape index (κ2) is 6.03. The van der Waals surface area contributed by atoms with Crippen LogP contribution in [0.1, 0.15) is 29.7 Å². The van der Waals surface area contributed by atoms with Crippen LogP contribution in [-0.2, 0) is 27.8 Å². The number of amides is 1. The summed E-state index contributed by atoms with van der Waals surface area (Å²) < 4.78 is 23.8. The van der Waals surface area contributed by atoms with E-state index in [1.165, 1.54) is 16.4 Å². The Morgan fingerprint density at radius 1 is 1.46 bits per heavy atom. The molecule has 1 aliphatic rings. The summed E-state index contributed by atoms with van der Waals surface area (Å²) in [7, 11) is -3.81. The van der Waals surface area contributed by atoms with Crippen LogP contribution in [0.5, 0.6) is 0 Å². The maximum absolute atomic E-state index is 12.3. The number of hydrogen-bond donors (Lipinski definition) is 2. The van der Waals surface area contributed by atoms with E-state index in [0.717, 1.165) is 23.7 Å². The standard InChI is InChI=1S/C16H20N4O3S/c1-10-3-4-12-6-11(2)16(14(12)5-10)19-15(21)9-20-8-13(7-18-20)24(17,22)23/h3-5,7-8,11,16H,6,9H2,1-2H3,(H,19,21)(H2,17,22,23)/t11-,16-/m1/s1. The maximum Gasteiger partial charge on any atom is 0.242 e. The predicted octanol–water partition coefficient (Wildman–Crippen LogP) is 0.889. The molecule has 7 nitrogen and oxygen atoms in total. The van der Waals surface area contributed by atoms with Crippen molar-refractivity contribution in [1.29, 1.82) is 0 Å². The number of nitrogens with two attached hydrogens (primary N) is 1. The molecule has 24 heavy (non-hydrogen) atoms. The van der Waals surface area contributed by atoms with Gasteiger partial charge in [0.15, 0.2) is 0 Å². The van der Waals surface area contributed by atoms with Gasteiger partial charge in [-0.3, -0.25) is 9.48 Å². The quantitative estimate of drug-likeness (QED) is 0.855. The molecule has 2 aromatic rings. The lowest BCUT2D eigenvalue weighted by atomic mass is 10.0. The molecule has 1 aliphatic carbocycles. The Bertz CT molecular complexity index is 888. The molecule has 8 heteroatoms. The number of carbonyl (C=O) groups is 1. The Morgan fingerprint density at radius 3 is 2.88 bits per heavy atom. The van der Waals surface area contributed by atoms with Crippen molar-refractivity contribution in [1.82, 2.24) is 15.1 Å². The average Bonchev–Trinajstić information content (AvgIpc) is 3.05. The van der Waals surface area contributed by atoms with Crippen LogP contribution in [0.25, 0.3) is 0 Å². The zero-order valence-electron chi connectivity index (χ0n) is 13.6. The summed E-state index contributed by atoms with van der Waals surface area (Å²) in [6.07, 6.45) is 3.32. The van der Waals surface area contributed by atoms with Crippen molar-refractivity contribution < 1.29 is 13.2 Å². The van der Waals surface area contributed by atoms with Crippen LogP contribution in [0, 0.1) is 12.8 Å². The maximum atomic E-state index is 12.3. The number of nitrogens with one attached hydrogen (secondary N) is 1. The summed E-state index contributed by atoms with van der Waals surface area (Å²) in [5.41, 5.74) is 3.57. The number of aromatic nitrogens is 2. The van der Waals surface area contributed by atoms with Gasteiger partial charge < -0.3 is 5.32 Å². The molecule has 1 heterocycles. The van der Waals surface area contributed by atoms with Crippen molar-refractivity contribution in [2.24, 2.45) is 11.1 Å². The van der Waals surface area contributed by atoms with Crippen molar-refractivity contribution in [2.75, 3.05) is 0 Å². The zero-order chi connectivity index (χ0) is 17.5. The van der Waals surface area contributed by atoms with Gasteiger partial charge in [0.25, 0.3) is 0 Å². The molecule has 0 saturated carbocycles. The molecule has 2 atom stereocenters. The fourth-order valence-electron chi connectivity index (χ4n) is 3.13. The number of aryl methyl sites for hydroxylation is 1. The van der Waals surface area contributed by atoms with E-state index in [-0.39, 0.29) is 23.4 Å². The Labute approximate surface area is 140 Å². The van der Waals surface area contributed by atoms with Gasteiger partial charge in [-0.05, 0) is 30.4 Å². The second-order valence-electron chi connectivity index (χ2n) is 6.35. The number of sulfonamides is 1. The zero-order valence-corrected chi connectivity index (χ0v) is 14.4. The number of hydrogen-bond acceptors (Lipinski definition) is 4. The van der Waals surface area contributed by atoms with E-state index in [1.807, 2.05) is 6.92 Å². The van der Waals surface area contributed by atoms with Crippen LogP contribution in [0.3, 0.4) is 0 Å². The molecule has 0 aliphatic heterocycles. The normalized spacial score (nSPS) is 20.0. The third-order valence-corrected chi connectivity index (χ3v) is 5.18. The van der Waals surface area contributed by atoms with E-state index in [4.69, 9.17) is 5.14 Å². The summed E-state index contributed by atoms with van der Waals surface area (Å²) in [4.78, 5) is 12.2. The van der Waals surface area contributed by atoms with Crippen LogP contribution >= 0.6 is 0 Å². The lowest BCUT2D eigenvalue weighted by Crippen LogP contribution is -2.33. The Balaban J connectivity index is 1.72. The van der Waals surface area contributed by atoms with Crippen LogP contribution in [-0.4, -0.2) is 24.1 Å². The number of nitrogens with zero attached hydrogens (tertiary/aromatic N) is 2. The van der Waals surface area contributed by atoms with Crippen molar-refractivity contribution >= 4 is 15.9 Å². The Hall–Kier alpha value is -2.19. The number of benzene rings is 1. The lowest BCUT2D eigenvalue weighted by molar-refractivity contribution is -0.122. The molecule has 0 radical (unpaired) electrons. The van der Waals surface area contributed by atoms with Gasteiger partial charge in [0, 0.05) is 6.20 Å². The predicted molar refractivity (Wildman–Crippen MR) is 88.5 cm³/mol.